The summed E-state index contributed by atoms with van der Waals surface area (Å²) in [6.07, 6.45) is 3.09. The van der Waals surface area contributed by atoms with Gasteiger partial charge in [-0.2, -0.15) is 0 Å². The third-order valence-corrected chi connectivity index (χ3v) is 3.41. The van der Waals surface area contributed by atoms with Crippen LogP contribution >= 0.6 is 22.6 Å². The minimum absolute atomic E-state index is 0.0321. The minimum Gasteiger partial charge on any atom is -0.463 e. The van der Waals surface area contributed by atoms with Gasteiger partial charge in [0.05, 0.1) is 12.2 Å². The molecule has 2 rings (SSSR count). The lowest BCUT2D eigenvalue weighted by Gasteiger charge is -2.02. The number of halogens is 1. The highest BCUT2D eigenvalue weighted by Crippen LogP contribution is 2.24. The van der Waals surface area contributed by atoms with E-state index in [1.165, 1.54) is 6.08 Å². The molecule has 1 aliphatic heterocycles. The lowest BCUT2D eigenvalue weighted by atomic mass is 10.1. The zero-order valence-corrected chi connectivity index (χ0v) is 12.0. The fourth-order valence-corrected chi connectivity index (χ4v) is 2.75. The van der Waals surface area contributed by atoms with Gasteiger partial charge >= 0.3 is 5.97 Å². The van der Waals surface area contributed by atoms with Crippen molar-refractivity contribution in [2.24, 2.45) is 0 Å². The van der Waals surface area contributed by atoms with Crippen molar-refractivity contribution in [2.75, 3.05) is 6.61 Å². The van der Waals surface area contributed by atoms with Gasteiger partial charge in [0, 0.05) is 16.2 Å². The van der Waals surface area contributed by atoms with Crippen LogP contribution in [-0.4, -0.2) is 18.5 Å². The topological polar surface area (TPSA) is 55.4 Å². The van der Waals surface area contributed by atoms with Crippen molar-refractivity contribution < 1.29 is 14.3 Å². The van der Waals surface area contributed by atoms with E-state index < -0.39 is 0 Å². The van der Waals surface area contributed by atoms with Crippen LogP contribution in [0.1, 0.15) is 28.4 Å². The Kier molecular flexibility index (Phi) is 4.00. The molecular weight excluding hydrogens is 345 g/mol. The van der Waals surface area contributed by atoms with Crippen molar-refractivity contribution in [3.63, 3.8) is 0 Å². The van der Waals surface area contributed by atoms with Gasteiger partial charge in [0.1, 0.15) is 0 Å². The molecule has 18 heavy (non-hydrogen) atoms. The second-order valence-corrected chi connectivity index (χ2v) is 4.97. The summed E-state index contributed by atoms with van der Waals surface area (Å²) in [4.78, 5) is 22.8. The number of rotatable bonds is 3. The molecule has 0 unspecified atom stereocenters. The first-order chi connectivity index (χ1) is 8.61. The standard InChI is InChI=1S/C13H12INO3/c1-2-18-11(16)4-3-8-5-9-7-15-13(17)12(9)10(14)6-8/h3-6H,2,7H2,1H3,(H,15,17)/b4-3+. The number of ether oxygens (including phenoxy) is 1. The molecule has 0 fully saturated rings. The molecule has 1 heterocycles. The highest BCUT2D eigenvalue weighted by atomic mass is 127. The molecule has 1 N–H and O–H groups in total. The Labute approximate surface area is 119 Å². The van der Waals surface area contributed by atoms with E-state index in [1.54, 1.807) is 13.0 Å². The summed E-state index contributed by atoms with van der Waals surface area (Å²) < 4.78 is 5.70. The van der Waals surface area contributed by atoms with E-state index in [2.05, 4.69) is 27.9 Å². The molecule has 0 saturated carbocycles. The number of esters is 1. The number of amides is 1. The summed E-state index contributed by atoms with van der Waals surface area (Å²) >= 11 is 2.13. The maximum absolute atomic E-state index is 11.5. The van der Waals surface area contributed by atoms with Crippen LogP contribution in [0.15, 0.2) is 18.2 Å². The SMILES string of the molecule is CCOC(=O)/C=C/c1cc(I)c2c(c1)CNC2=O. The van der Waals surface area contributed by atoms with Crippen LogP contribution in [0.3, 0.4) is 0 Å². The van der Waals surface area contributed by atoms with Crippen LogP contribution in [0.4, 0.5) is 0 Å². The third kappa shape index (κ3) is 2.72. The van der Waals surface area contributed by atoms with Gasteiger partial charge in [0.2, 0.25) is 0 Å². The van der Waals surface area contributed by atoms with Gasteiger partial charge in [-0.05, 0) is 58.9 Å². The first-order valence-corrected chi connectivity index (χ1v) is 6.65. The molecule has 0 saturated heterocycles. The Morgan fingerprint density at radius 3 is 3.06 bits per heavy atom. The highest BCUT2D eigenvalue weighted by Gasteiger charge is 2.21. The van der Waals surface area contributed by atoms with Crippen LogP contribution in [0.25, 0.3) is 6.08 Å². The van der Waals surface area contributed by atoms with Crippen molar-refractivity contribution in [2.45, 2.75) is 13.5 Å². The smallest absolute Gasteiger partial charge is 0.330 e. The zero-order valence-electron chi connectivity index (χ0n) is 9.83. The molecule has 1 aromatic carbocycles. The van der Waals surface area contributed by atoms with E-state index in [1.807, 2.05) is 12.1 Å². The van der Waals surface area contributed by atoms with E-state index in [0.717, 1.165) is 20.3 Å². The maximum Gasteiger partial charge on any atom is 0.330 e. The predicted molar refractivity (Wildman–Crippen MR) is 76.0 cm³/mol. The first kappa shape index (κ1) is 13.1. The van der Waals surface area contributed by atoms with E-state index in [4.69, 9.17) is 4.74 Å². The lowest BCUT2D eigenvalue weighted by Crippen LogP contribution is -2.13. The molecule has 0 spiro atoms. The number of fused-ring (bicyclic) bond motifs is 1. The molecule has 0 aromatic heterocycles. The molecule has 1 aliphatic rings. The number of hydrogen-bond acceptors (Lipinski definition) is 3. The monoisotopic (exact) mass is 357 g/mol. The minimum atomic E-state index is -0.359. The molecule has 0 aliphatic carbocycles. The molecule has 94 valence electrons. The Hall–Kier alpha value is -1.37. The largest absolute Gasteiger partial charge is 0.463 e. The Balaban J connectivity index is 2.24. The third-order valence-electron chi connectivity index (χ3n) is 2.56. The molecule has 0 radical (unpaired) electrons. The fraction of sp³-hybridized carbons (Fsp3) is 0.231. The molecule has 0 bridgehead atoms. The van der Waals surface area contributed by atoms with E-state index in [9.17, 15) is 9.59 Å². The van der Waals surface area contributed by atoms with Gasteiger partial charge < -0.3 is 10.1 Å². The van der Waals surface area contributed by atoms with Gasteiger partial charge in [-0.1, -0.05) is 0 Å². The molecule has 4 nitrogen and oxygen atoms in total. The van der Waals surface area contributed by atoms with E-state index in [0.29, 0.717) is 13.2 Å². The number of benzene rings is 1. The number of carbonyl (C=O) groups is 2. The quantitative estimate of drug-likeness (QED) is 0.512. The van der Waals surface area contributed by atoms with Crippen molar-refractivity contribution in [3.8, 4) is 0 Å². The van der Waals surface area contributed by atoms with Crippen LogP contribution < -0.4 is 5.32 Å². The second kappa shape index (κ2) is 5.51. The Morgan fingerprint density at radius 1 is 1.56 bits per heavy atom. The molecule has 1 amide bonds. The summed E-state index contributed by atoms with van der Waals surface area (Å²) in [5, 5.41) is 2.78. The average Bonchev–Trinajstić information content (AvgIpc) is 2.69. The van der Waals surface area contributed by atoms with Crippen LogP contribution in [0, 0.1) is 3.57 Å². The molecule has 0 atom stereocenters. The van der Waals surface area contributed by atoms with Gasteiger partial charge in [-0.25, -0.2) is 4.79 Å². The summed E-state index contributed by atoms with van der Waals surface area (Å²) in [5.41, 5.74) is 2.60. The summed E-state index contributed by atoms with van der Waals surface area (Å²) in [5.74, 6) is -0.391. The Bertz CT molecular complexity index is 537. The zero-order chi connectivity index (χ0) is 13.1. The number of carbonyl (C=O) groups excluding carboxylic acids is 2. The number of hydrogen-bond donors (Lipinski definition) is 1. The first-order valence-electron chi connectivity index (χ1n) is 5.57. The van der Waals surface area contributed by atoms with Crippen molar-refractivity contribution in [1.29, 1.82) is 0 Å². The lowest BCUT2D eigenvalue weighted by molar-refractivity contribution is -0.137. The van der Waals surface area contributed by atoms with Gasteiger partial charge in [-0.3, -0.25) is 4.79 Å². The predicted octanol–water partition coefficient (Wildman–Crippen LogP) is 2.11. The van der Waals surface area contributed by atoms with E-state index >= 15 is 0 Å². The Morgan fingerprint density at radius 2 is 2.33 bits per heavy atom. The summed E-state index contributed by atoms with van der Waals surface area (Å²) in [7, 11) is 0. The fourth-order valence-electron chi connectivity index (χ4n) is 1.80. The van der Waals surface area contributed by atoms with Gasteiger partial charge in [0.15, 0.2) is 0 Å². The molecule has 1 aromatic rings. The van der Waals surface area contributed by atoms with E-state index in [-0.39, 0.29) is 11.9 Å². The number of nitrogens with one attached hydrogen (secondary N) is 1. The van der Waals surface area contributed by atoms with Crippen LogP contribution in [0.2, 0.25) is 0 Å². The van der Waals surface area contributed by atoms with Gasteiger partial charge in [0.25, 0.3) is 5.91 Å². The van der Waals surface area contributed by atoms with Crippen molar-refractivity contribution >= 4 is 40.5 Å². The summed E-state index contributed by atoms with van der Waals surface area (Å²) in [6, 6.07) is 3.78. The van der Waals surface area contributed by atoms with Crippen LogP contribution in [-0.2, 0) is 16.1 Å². The van der Waals surface area contributed by atoms with Crippen LogP contribution in [0.5, 0.6) is 0 Å². The highest BCUT2D eigenvalue weighted by molar-refractivity contribution is 14.1. The average molecular weight is 357 g/mol. The van der Waals surface area contributed by atoms with Gasteiger partial charge in [-0.15, -0.1) is 0 Å². The maximum atomic E-state index is 11.5. The van der Waals surface area contributed by atoms with Crippen molar-refractivity contribution in [3.05, 3.63) is 38.5 Å². The summed E-state index contributed by atoms with van der Waals surface area (Å²) in [6.45, 7) is 2.68. The second-order valence-electron chi connectivity index (χ2n) is 3.80. The van der Waals surface area contributed by atoms with Crippen molar-refractivity contribution in [1.82, 2.24) is 5.32 Å². The molecule has 5 heteroatoms. The molecular formula is C13H12INO3. The normalized spacial score (nSPS) is 13.6.